The van der Waals surface area contributed by atoms with Gasteiger partial charge in [-0.05, 0) is 24.6 Å². The number of hydrogen-bond donors (Lipinski definition) is 3. The fourth-order valence-corrected chi connectivity index (χ4v) is 2.55. The lowest BCUT2D eigenvalue weighted by molar-refractivity contribution is 0.0951. The molecule has 0 unspecified atom stereocenters. The standard InChI is InChI=1S/C20H21N5O/c1-13-6-8-14(9-7-13)12-23-19(26)16-5-3-4-15(10-16)17-11-18(22-2)25-20(21)24-17/h3-11H,12H2,1-2H3,(H,23,26)(H3,21,22,24,25). The third kappa shape index (κ3) is 4.16. The second kappa shape index (κ2) is 7.65. The van der Waals surface area contributed by atoms with Crippen LogP contribution in [0.15, 0.2) is 54.6 Å². The minimum absolute atomic E-state index is 0.136. The maximum atomic E-state index is 12.5. The van der Waals surface area contributed by atoms with Gasteiger partial charge in [0.1, 0.15) is 5.82 Å². The van der Waals surface area contributed by atoms with Crippen LogP contribution in [0.1, 0.15) is 21.5 Å². The molecule has 26 heavy (non-hydrogen) atoms. The van der Waals surface area contributed by atoms with Crippen molar-refractivity contribution in [3.63, 3.8) is 0 Å². The van der Waals surface area contributed by atoms with Crippen LogP contribution >= 0.6 is 0 Å². The zero-order valence-electron chi connectivity index (χ0n) is 14.8. The maximum Gasteiger partial charge on any atom is 0.251 e. The first-order valence-electron chi connectivity index (χ1n) is 8.31. The third-order valence-electron chi connectivity index (χ3n) is 3.99. The van der Waals surface area contributed by atoms with Crippen LogP contribution in [-0.4, -0.2) is 22.9 Å². The first-order chi connectivity index (χ1) is 12.5. The number of rotatable bonds is 5. The summed E-state index contributed by atoms with van der Waals surface area (Å²) >= 11 is 0. The predicted molar refractivity (Wildman–Crippen MR) is 104 cm³/mol. The van der Waals surface area contributed by atoms with Gasteiger partial charge in [-0.25, -0.2) is 4.98 Å². The predicted octanol–water partition coefficient (Wildman–Crippen LogP) is 3.01. The molecule has 0 saturated carbocycles. The summed E-state index contributed by atoms with van der Waals surface area (Å²) in [5.74, 6) is 0.672. The highest BCUT2D eigenvalue weighted by molar-refractivity contribution is 5.95. The SMILES string of the molecule is CNc1cc(-c2cccc(C(=O)NCc3ccc(C)cc3)c2)nc(N)n1. The van der Waals surface area contributed by atoms with E-state index >= 15 is 0 Å². The molecule has 0 atom stereocenters. The van der Waals surface area contributed by atoms with Crippen molar-refractivity contribution in [1.29, 1.82) is 0 Å². The topological polar surface area (TPSA) is 92.9 Å². The van der Waals surface area contributed by atoms with Crippen molar-refractivity contribution in [1.82, 2.24) is 15.3 Å². The highest BCUT2D eigenvalue weighted by atomic mass is 16.1. The number of amides is 1. The summed E-state index contributed by atoms with van der Waals surface area (Å²) in [4.78, 5) is 20.8. The van der Waals surface area contributed by atoms with Gasteiger partial charge in [-0.1, -0.05) is 42.0 Å². The molecule has 1 aromatic heterocycles. The Hall–Kier alpha value is -3.41. The Labute approximate surface area is 152 Å². The Morgan fingerprint density at radius 2 is 1.85 bits per heavy atom. The van der Waals surface area contributed by atoms with Gasteiger partial charge >= 0.3 is 0 Å². The zero-order valence-corrected chi connectivity index (χ0v) is 14.8. The highest BCUT2D eigenvalue weighted by Gasteiger charge is 2.09. The van der Waals surface area contributed by atoms with E-state index in [9.17, 15) is 4.79 Å². The van der Waals surface area contributed by atoms with Crippen molar-refractivity contribution in [3.05, 3.63) is 71.3 Å². The van der Waals surface area contributed by atoms with Crippen LogP contribution in [0.3, 0.4) is 0 Å². The zero-order chi connectivity index (χ0) is 18.5. The smallest absolute Gasteiger partial charge is 0.251 e. The van der Waals surface area contributed by atoms with Gasteiger partial charge < -0.3 is 16.4 Å². The molecular weight excluding hydrogens is 326 g/mol. The fourth-order valence-electron chi connectivity index (χ4n) is 2.55. The molecule has 0 aliphatic rings. The summed E-state index contributed by atoms with van der Waals surface area (Å²) in [6.07, 6.45) is 0. The molecule has 3 aromatic rings. The first kappa shape index (κ1) is 17.4. The Morgan fingerprint density at radius 3 is 2.58 bits per heavy atom. The van der Waals surface area contributed by atoms with Gasteiger partial charge in [0.25, 0.3) is 5.91 Å². The van der Waals surface area contributed by atoms with Crippen molar-refractivity contribution >= 4 is 17.7 Å². The lowest BCUT2D eigenvalue weighted by Crippen LogP contribution is -2.22. The van der Waals surface area contributed by atoms with Crippen molar-refractivity contribution in [2.45, 2.75) is 13.5 Å². The number of aryl methyl sites for hydroxylation is 1. The van der Waals surface area contributed by atoms with Gasteiger partial charge in [-0.15, -0.1) is 0 Å². The molecule has 6 heteroatoms. The lowest BCUT2D eigenvalue weighted by Gasteiger charge is -2.09. The second-order valence-electron chi connectivity index (χ2n) is 6.00. The molecule has 0 saturated heterocycles. The Balaban J connectivity index is 1.77. The van der Waals surface area contributed by atoms with Crippen LogP contribution in [0.2, 0.25) is 0 Å². The van der Waals surface area contributed by atoms with Gasteiger partial charge in [0, 0.05) is 30.8 Å². The van der Waals surface area contributed by atoms with Crippen molar-refractivity contribution in [3.8, 4) is 11.3 Å². The molecule has 0 radical (unpaired) electrons. The van der Waals surface area contributed by atoms with Gasteiger partial charge in [-0.3, -0.25) is 4.79 Å². The fraction of sp³-hybridized carbons (Fsp3) is 0.150. The first-order valence-corrected chi connectivity index (χ1v) is 8.31. The molecule has 0 spiro atoms. The molecule has 1 amide bonds. The lowest BCUT2D eigenvalue weighted by atomic mass is 10.1. The number of aromatic nitrogens is 2. The van der Waals surface area contributed by atoms with E-state index in [0.29, 0.717) is 23.6 Å². The van der Waals surface area contributed by atoms with Crippen LogP contribution in [-0.2, 0) is 6.54 Å². The molecule has 2 aromatic carbocycles. The minimum atomic E-state index is -0.136. The summed E-state index contributed by atoms with van der Waals surface area (Å²) in [5, 5.41) is 5.89. The van der Waals surface area contributed by atoms with Gasteiger partial charge in [0.2, 0.25) is 5.95 Å². The summed E-state index contributed by atoms with van der Waals surface area (Å²) < 4.78 is 0. The van der Waals surface area contributed by atoms with Crippen LogP contribution < -0.4 is 16.4 Å². The molecule has 1 heterocycles. The summed E-state index contributed by atoms with van der Waals surface area (Å²) in [7, 11) is 1.76. The molecule has 0 fully saturated rings. The Kier molecular flexibility index (Phi) is 5.12. The molecule has 0 aliphatic heterocycles. The minimum Gasteiger partial charge on any atom is -0.373 e. The largest absolute Gasteiger partial charge is 0.373 e. The van der Waals surface area contributed by atoms with E-state index in [-0.39, 0.29) is 11.9 Å². The van der Waals surface area contributed by atoms with Crippen LogP contribution in [0.25, 0.3) is 11.3 Å². The summed E-state index contributed by atoms with van der Waals surface area (Å²) in [5.41, 5.74) is 10.0. The van der Waals surface area contributed by atoms with E-state index in [2.05, 4.69) is 20.6 Å². The van der Waals surface area contributed by atoms with Crippen LogP contribution in [0.4, 0.5) is 11.8 Å². The van der Waals surface area contributed by atoms with E-state index in [4.69, 9.17) is 5.73 Å². The van der Waals surface area contributed by atoms with Crippen molar-refractivity contribution in [2.24, 2.45) is 0 Å². The van der Waals surface area contributed by atoms with E-state index < -0.39 is 0 Å². The van der Waals surface area contributed by atoms with Crippen LogP contribution in [0.5, 0.6) is 0 Å². The van der Waals surface area contributed by atoms with E-state index in [0.717, 1.165) is 11.1 Å². The number of nitrogen functional groups attached to an aromatic ring is 1. The molecule has 3 rings (SSSR count). The van der Waals surface area contributed by atoms with E-state index in [1.807, 2.05) is 43.3 Å². The third-order valence-corrected chi connectivity index (χ3v) is 3.99. The normalized spacial score (nSPS) is 10.4. The number of nitrogens with one attached hydrogen (secondary N) is 2. The molecule has 0 bridgehead atoms. The second-order valence-corrected chi connectivity index (χ2v) is 6.00. The van der Waals surface area contributed by atoms with Gasteiger partial charge in [0.15, 0.2) is 0 Å². The molecule has 132 valence electrons. The summed E-state index contributed by atoms with van der Waals surface area (Å²) in [6, 6.07) is 17.2. The number of carbonyl (C=O) groups excluding carboxylic acids is 1. The monoisotopic (exact) mass is 347 g/mol. The van der Waals surface area contributed by atoms with Crippen molar-refractivity contribution < 1.29 is 4.79 Å². The Morgan fingerprint density at radius 1 is 1.08 bits per heavy atom. The van der Waals surface area contributed by atoms with Gasteiger partial charge in [0.05, 0.1) is 5.69 Å². The molecular formula is C20H21N5O. The van der Waals surface area contributed by atoms with Crippen LogP contribution in [0, 0.1) is 6.92 Å². The van der Waals surface area contributed by atoms with E-state index in [1.54, 1.807) is 25.2 Å². The number of anilines is 2. The van der Waals surface area contributed by atoms with Gasteiger partial charge in [-0.2, -0.15) is 4.98 Å². The number of carbonyl (C=O) groups is 1. The molecule has 6 nitrogen and oxygen atoms in total. The number of benzene rings is 2. The average Bonchev–Trinajstić information content (AvgIpc) is 2.67. The maximum absolute atomic E-state index is 12.5. The average molecular weight is 347 g/mol. The number of nitrogens with zero attached hydrogens (tertiary/aromatic N) is 2. The van der Waals surface area contributed by atoms with E-state index in [1.165, 1.54) is 5.56 Å². The highest BCUT2D eigenvalue weighted by Crippen LogP contribution is 2.21. The Bertz CT molecular complexity index is 922. The molecule has 4 N–H and O–H groups in total. The number of nitrogens with two attached hydrogens (primary N) is 1. The summed E-state index contributed by atoms with van der Waals surface area (Å²) in [6.45, 7) is 2.51. The quantitative estimate of drug-likeness (QED) is 0.660. The number of hydrogen-bond acceptors (Lipinski definition) is 5. The molecule has 0 aliphatic carbocycles. The van der Waals surface area contributed by atoms with Crippen molar-refractivity contribution in [2.75, 3.05) is 18.1 Å².